The Hall–Kier alpha value is -1.76. The smallest absolute Gasteiger partial charge is 0.238 e. The van der Waals surface area contributed by atoms with Crippen LogP contribution in [-0.4, -0.2) is 8.42 Å². The van der Waals surface area contributed by atoms with Gasteiger partial charge in [-0.1, -0.05) is 29.8 Å². The number of rotatable bonds is 4. The van der Waals surface area contributed by atoms with E-state index in [2.05, 4.69) is 5.32 Å². The van der Waals surface area contributed by atoms with E-state index in [1.165, 1.54) is 12.1 Å². The summed E-state index contributed by atoms with van der Waals surface area (Å²) < 4.78 is 22.5. The quantitative estimate of drug-likeness (QED) is 0.753. The Balaban J connectivity index is 2.27. The van der Waals surface area contributed by atoms with Crippen molar-refractivity contribution in [1.29, 1.82) is 0 Å². The monoisotopic (exact) mass is 325 g/mol. The Morgan fingerprint density at radius 1 is 1.19 bits per heavy atom. The number of primary sulfonamides is 1. The van der Waals surface area contributed by atoms with Crippen molar-refractivity contribution in [2.24, 2.45) is 5.14 Å². The van der Waals surface area contributed by atoms with E-state index in [4.69, 9.17) is 22.5 Å². The lowest BCUT2D eigenvalue weighted by Gasteiger charge is -2.18. The topological polar surface area (TPSA) is 98.2 Å². The van der Waals surface area contributed by atoms with Gasteiger partial charge in [-0.3, -0.25) is 0 Å². The molecule has 21 heavy (non-hydrogen) atoms. The zero-order chi connectivity index (χ0) is 15.6. The highest BCUT2D eigenvalue weighted by molar-refractivity contribution is 7.89. The molecule has 0 bridgehead atoms. The normalized spacial score (nSPS) is 12.9. The molecule has 0 aromatic heterocycles. The highest BCUT2D eigenvalue weighted by Gasteiger charge is 2.13. The molecule has 0 saturated carbocycles. The van der Waals surface area contributed by atoms with Crippen LogP contribution in [0, 0.1) is 0 Å². The Bertz CT molecular complexity index is 763. The molecular weight excluding hydrogens is 310 g/mol. The van der Waals surface area contributed by atoms with Crippen LogP contribution in [0.3, 0.4) is 0 Å². The molecule has 2 aromatic carbocycles. The maximum absolute atomic E-state index is 11.3. The molecule has 1 unspecified atom stereocenters. The molecule has 0 spiro atoms. The first-order chi connectivity index (χ1) is 9.79. The molecule has 7 heteroatoms. The van der Waals surface area contributed by atoms with E-state index in [0.29, 0.717) is 16.4 Å². The van der Waals surface area contributed by atoms with E-state index in [-0.39, 0.29) is 10.9 Å². The molecule has 2 aromatic rings. The average molecular weight is 326 g/mol. The van der Waals surface area contributed by atoms with Gasteiger partial charge in [0.25, 0.3) is 0 Å². The number of nitrogen functional groups attached to an aromatic ring is 1. The highest BCUT2D eigenvalue weighted by Crippen LogP contribution is 2.29. The maximum atomic E-state index is 11.3. The molecule has 0 aliphatic heterocycles. The SMILES string of the molecule is CC(Nc1ccc(S(N)(=O)=O)cc1N)c1ccccc1Cl. The first-order valence-corrected chi connectivity index (χ1v) is 8.15. The number of hydrogen-bond acceptors (Lipinski definition) is 4. The van der Waals surface area contributed by atoms with E-state index in [0.717, 1.165) is 5.56 Å². The summed E-state index contributed by atoms with van der Waals surface area (Å²) >= 11 is 6.14. The summed E-state index contributed by atoms with van der Waals surface area (Å²) in [5, 5.41) is 8.92. The van der Waals surface area contributed by atoms with Crippen LogP contribution in [-0.2, 0) is 10.0 Å². The number of halogens is 1. The summed E-state index contributed by atoms with van der Waals surface area (Å²) in [6.07, 6.45) is 0. The molecule has 112 valence electrons. The van der Waals surface area contributed by atoms with Gasteiger partial charge in [0, 0.05) is 5.02 Å². The number of nitrogens with one attached hydrogen (secondary N) is 1. The molecule has 0 amide bonds. The van der Waals surface area contributed by atoms with Crippen molar-refractivity contribution in [3.63, 3.8) is 0 Å². The second-order valence-electron chi connectivity index (χ2n) is 4.68. The van der Waals surface area contributed by atoms with Gasteiger partial charge in [0.15, 0.2) is 0 Å². The first-order valence-electron chi connectivity index (χ1n) is 6.22. The van der Waals surface area contributed by atoms with Gasteiger partial charge in [-0.25, -0.2) is 13.6 Å². The van der Waals surface area contributed by atoms with E-state index in [1.54, 1.807) is 6.07 Å². The van der Waals surface area contributed by atoms with Crippen molar-refractivity contribution < 1.29 is 8.42 Å². The number of benzene rings is 2. The van der Waals surface area contributed by atoms with Crippen molar-refractivity contribution in [1.82, 2.24) is 0 Å². The van der Waals surface area contributed by atoms with Crippen molar-refractivity contribution in [2.45, 2.75) is 17.9 Å². The lowest BCUT2D eigenvalue weighted by atomic mass is 10.1. The lowest BCUT2D eigenvalue weighted by Crippen LogP contribution is -2.13. The van der Waals surface area contributed by atoms with Crippen molar-refractivity contribution >= 4 is 33.0 Å². The van der Waals surface area contributed by atoms with E-state index in [9.17, 15) is 8.42 Å². The molecule has 0 saturated heterocycles. The number of sulfonamides is 1. The Kier molecular flexibility index (Phi) is 4.41. The summed E-state index contributed by atoms with van der Waals surface area (Å²) in [6.45, 7) is 1.94. The van der Waals surface area contributed by atoms with Gasteiger partial charge in [-0.15, -0.1) is 0 Å². The van der Waals surface area contributed by atoms with Crippen molar-refractivity contribution in [3.05, 3.63) is 53.1 Å². The third-order valence-electron chi connectivity index (χ3n) is 3.10. The minimum atomic E-state index is -3.76. The highest BCUT2D eigenvalue weighted by atomic mass is 35.5. The fourth-order valence-electron chi connectivity index (χ4n) is 1.99. The standard InChI is InChI=1S/C14H16ClN3O2S/c1-9(11-4-2-3-5-12(11)15)18-14-7-6-10(8-13(14)16)21(17,19)20/h2-9,18H,16H2,1H3,(H2,17,19,20). The predicted octanol–water partition coefficient (Wildman–Crippen LogP) is 2.74. The van der Waals surface area contributed by atoms with E-state index >= 15 is 0 Å². The molecule has 1 atom stereocenters. The van der Waals surface area contributed by atoms with Gasteiger partial charge >= 0.3 is 0 Å². The largest absolute Gasteiger partial charge is 0.397 e. The van der Waals surface area contributed by atoms with Crippen molar-refractivity contribution in [3.8, 4) is 0 Å². The lowest BCUT2D eigenvalue weighted by molar-refractivity contribution is 0.598. The fourth-order valence-corrected chi connectivity index (χ4v) is 2.83. The molecule has 2 rings (SSSR count). The molecule has 0 aliphatic rings. The minimum Gasteiger partial charge on any atom is -0.397 e. The first kappa shape index (κ1) is 15.6. The molecular formula is C14H16ClN3O2S. The molecule has 5 nitrogen and oxygen atoms in total. The zero-order valence-electron chi connectivity index (χ0n) is 11.4. The molecule has 0 heterocycles. The van der Waals surface area contributed by atoms with Gasteiger partial charge in [0.05, 0.1) is 22.3 Å². The zero-order valence-corrected chi connectivity index (χ0v) is 12.9. The van der Waals surface area contributed by atoms with E-state index in [1.807, 2.05) is 31.2 Å². The Morgan fingerprint density at radius 2 is 1.86 bits per heavy atom. The van der Waals surface area contributed by atoms with Gasteiger partial charge in [-0.05, 0) is 36.8 Å². The average Bonchev–Trinajstić information content (AvgIpc) is 2.40. The van der Waals surface area contributed by atoms with Crippen LogP contribution >= 0.6 is 11.6 Å². The van der Waals surface area contributed by atoms with Crippen LogP contribution in [0.4, 0.5) is 11.4 Å². The van der Waals surface area contributed by atoms with E-state index < -0.39 is 10.0 Å². The predicted molar refractivity (Wildman–Crippen MR) is 85.7 cm³/mol. The summed E-state index contributed by atoms with van der Waals surface area (Å²) in [6, 6.07) is 11.7. The summed E-state index contributed by atoms with van der Waals surface area (Å²) in [4.78, 5) is -0.0176. The fraction of sp³-hybridized carbons (Fsp3) is 0.143. The van der Waals surface area contributed by atoms with Gasteiger partial charge < -0.3 is 11.1 Å². The second kappa shape index (κ2) is 5.93. The third kappa shape index (κ3) is 3.66. The summed E-state index contributed by atoms with van der Waals surface area (Å²) in [5.41, 5.74) is 7.72. The summed E-state index contributed by atoms with van der Waals surface area (Å²) in [7, 11) is -3.76. The van der Waals surface area contributed by atoms with Gasteiger partial charge in [0.1, 0.15) is 0 Å². The van der Waals surface area contributed by atoms with Crippen LogP contribution < -0.4 is 16.2 Å². The maximum Gasteiger partial charge on any atom is 0.238 e. The van der Waals surface area contributed by atoms with Gasteiger partial charge in [-0.2, -0.15) is 0 Å². The summed E-state index contributed by atoms with van der Waals surface area (Å²) in [5.74, 6) is 0. The van der Waals surface area contributed by atoms with Crippen LogP contribution in [0.2, 0.25) is 5.02 Å². The Morgan fingerprint density at radius 3 is 2.43 bits per heavy atom. The third-order valence-corrected chi connectivity index (χ3v) is 4.35. The molecule has 0 fully saturated rings. The van der Waals surface area contributed by atoms with Crippen LogP contribution in [0.1, 0.15) is 18.5 Å². The minimum absolute atomic E-state index is 0.0176. The molecule has 5 N–H and O–H groups in total. The second-order valence-corrected chi connectivity index (χ2v) is 6.65. The molecule has 0 aliphatic carbocycles. The number of anilines is 2. The number of nitrogens with two attached hydrogens (primary N) is 2. The van der Waals surface area contributed by atoms with Crippen LogP contribution in [0.5, 0.6) is 0 Å². The van der Waals surface area contributed by atoms with Crippen LogP contribution in [0.25, 0.3) is 0 Å². The Labute approximate surface area is 129 Å². The molecule has 0 radical (unpaired) electrons. The van der Waals surface area contributed by atoms with Gasteiger partial charge in [0.2, 0.25) is 10.0 Å². The number of hydrogen-bond donors (Lipinski definition) is 3. The van der Waals surface area contributed by atoms with Crippen molar-refractivity contribution in [2.75, 3.05) is 11.1 Å². The van der Waals surface area contributed by atoms with Crippen LogP contribution in [0.15, 0.2) is 47.4 Å².